The van der Waals surface area contributed by atoms with Crippen molar-refractivity contribution in [3.63, 3.8) is 0 Å². The van der Waals surface area contributed by atoms with E-state index in [9.17, 15) is 5.11 Å². The molecule has 0 atom stereocenters. The second-order valence-electron chi connectivity index (χ2n) is 4.90. The van der Waals surface area contributed by atoms with Crippen molar-refractivity contribution >= 4 is 11.6 Å². The Labute approximate surface area is 101 Å². The van der Waals surface area contributed by atoms with Crippen LogP contribution in [0.4, 0.5) is 0 Å². The molecule has 16 heavy (non-hydrogen) atoms. The molecule has 1 aliphatic rings. The van der Waals surface area contributed by atoms with Gasteiger partial charge >= 0.3 is 0 Å². The lowest BCUT2D eigenvalue weighted by atomic mass is 9.87. The zero-order chi connectivity index (χ0) is 12.1. The second kappa shape index (κ2) is 3.64. The fourth-order valence-corrected chi connectivity index (χ4v) is 2.69. The Bertz CT molecular complexity index is 421. The molecule has 0 spiro atoms. The SMILES string of the molecule is Cc1c(C)c(Cl)c(C)c(C2(CN)CC2)c1O. The minimum Gasteiger partial charge on any atom is -0.507 e. The van der Waals surface area contributed by atoms with E-state index >= 15 is 0 Å². The molecule has 0 heterocycles. The van der Waals surface area contributed by atoms with Crippen molar-refractivity contribution in [1.82, 2.24) is 0 Å². The Morgan fingerprint density at radius 1 is 1.19 bits per heavy atom. The molecule has 1 fully saturated rings. The highest BCUT2D eigenvalue weighted by Gasteiger charge is 2.46. The average Bonchev–Trinajstić information content (AvgIpc) is 3.05. The summed E-state index contributed by atoms with van der Waals surface area (Å²) in [4.78, 5) is 0. The molecule has 1 aromatic rings. The highest BCUT2D eigenvalue weighted by molar-refractivity contribution is 6.32. The molecule has 0 unspecified atom stereocenters. The topological polar surface area (TPSA) is 46.2 Å². The maximum atomic E-state index is 10.3. The van der Waals surface area contributed by atoms with Crippen LogP contribution in [0.5, 0.6) is 5.75 Å². The quantitative estimate of drug-likeness (QED) is 0.834. The number of phenols is 1. The Hall–Kier alpha value is -0.730. The number of hydrogen-bond acceptors (Lipinski definition) is 2. The third-order valence-corrected chi connectivity index (χ3v) is 4.53. The fraction of sp³-hybridized carbons (Fsp3) is 0.538. The maximum Gasteiger partial charge on any atom is 0.122 e. The Balaban J connectivity index is 2.71. The first kappa shape index (κ1) is 11.7. The zero-order valence-electron chi connectivity index (χ0n) is 10.0. The van der Waals surface area contributed by atoms with Gasteiger partial charge in [-0.2, -0.15) is 0 Å². The molecule has 0 aliphatic heterocycles. The van der Waals surface area contributed by atoms with Gasteiger partial charge in [0.15, 0.2) is 0 Å². The number of nitrogens with two attached hydrogens (primary N) is 1. The van der Waals surface area contributed by atoms with E-state index in [1.165, 1.54) is 0 Å². The Kier molecular flexibility index (Phi) is 2.67. The van der Waals surface area contributed by atoms with Crippen LogP contribution in [0.15, 0.2) is 0 Å². The van der Waals surface area contributed by atoms with Crippen LogP contribution in [0.1, 0.15) is 35.1 Å². The van der Waals surface area contributed by atoms with E-state index in [4.69, 9.17) is 17.3 Å². The summed E-state index contributed by atoms with van der Waals surface area (Å²) in [5, 5.41) is 11.0. The smallest absolute Gasteiger partial charge is 0.122 e. The molecule has 0 aromatic heterocycles. The second-order valence-corrected chi connectivity index (χ2v) is 5.28. The van der Waals surface area contributed by atoms with Crippen LogP contribution < -0.4 is 5.73 Å². The van der Waals surface area contributed by atoms with Crippen molar-refractivity contribution < 1.29 is 5.11 Å². The van der Waals surface area contributed by atoms with Crippen molar-refractivity contribution in [2.75, 3.05) is 6.54 Å². The molecule has 3 heteroatoms. The highest BCUT2D eigenvalue weighted by atomic mass is 35.5. The van der Waals surface area contributed by atoms with E-state index in [0.29, 0.717) is 12.3 Å². The van der Waals surface area contributed by atoms with Crippen LogP contribution in [0.2, 0.25) is 5.02 Å². The van der Waals surface area contributed by atoms with Gasteiger partial charge < -0.3 is 10.8 Å². The van der Waals surface area contributed by atoms with E-state index < -0.39 is 0 Å². The first-order valence-electron chi connectivity index (χ1n) is 5.63. The first-order chi connectivity index (χ1) is 7.44. The summed E-state index contributed by atoms with van der Waals surface area (Å²) in [6.07, 6.45) is 2.10. The summed E-state index contributed by atoms with van der Waals surface area (Å²) in [6.45, 7) is 6.40. The fourth-order valence-electron chi connectivity index (χ4n) is 2.45. The van der Waals surface area contributed by atoms with Gasteiger partial charge in [0, 0.05) is 22.5 Å². The van der Waals surface area contributed by atoms with E-state index in [1.54, 1.807) is 0 Å². The van der Waals surface area contributed by atoms with E-state index in [2.05, 4.69) is 0 Å². The molecule has 1 aliphatic carbocycles. The molecule has 0 saturated heterocycles. The van der Waals surface area contributed by atoms with Gasteiger partial charge in [0.2, 0.25) is 0 Å². The number of benzene rings is 1. The summed E-state index contributed by atoms with van der Waals surface area (Å²) in [5.41, 5.74) is 9.62. The molecular formula is C13H18ClNO. The van der Waals surface area contributed by atoms with Gasteiger partial charge in [0.25, 0.3) is 0 Å². The predicted molar refractivity (Wildman–Crippen MR) is 67.3 cm³/mol. The Morgan fingerprint density at radius 2 is 1.75 bits per heavy atom. The summed E-state index contributed by atoms with van der Waals surface area (Å²) in [6, 6.07) is 0. The van der Waals surface area contributed by atoms with Gasteiger partial charge in [-0.05, 0) is 50.3 Å². The molecule has 1 aromatic carbocycles. The van der Waals surface area contributed by atoms with E-state index in [1.807, 2.05) is 20.8 Å². The van der Waals surface area contributed by atoms with Gasteiger partial charge in [-0.1, -0.05) is 11.6 Å². The minimum absolute atomic E-state index is 0.0176. The molecule has 0 amide bonds. The first-order valence-corrected chi connectivity index (χ1v) is 6.01. The van der Waals surface area contributed by atoms with Crippen LogP contribution in [-0.2, 0) is 5.41 Å². The summed E-state index contributed by atoms with van der Waals surface area (Å²) in [7, 11) is 0. The Morgan fingerprint density at radius 3 is 2.19 bits per heavy atom. The van der Waals surface area contributed by atoms with Gasteiger partial charge in [-0.15, -0.1) is 0 Å². The molecule has 88 valence electrons. The third kappa shape index (κ3) is 1.44. The lowest BCUT2D eigenvalue weighted by Crippen LogP contribution is -2.21. The van der Waals surface area contributed by atoms with Crippen LogP contribution in [0.3, 0.4) is 0 Å². The number of phenolic OH excluding ortho intramolecular Hbond substituents is 1. The number of rotatable bonds is 2. The molecule has 0 bridgehead atoms. The van der Waals surface area contributed by atoms with Crippen molar-refractivity contribution in [2.24, 2.45) is 5.73 Å². The molecule has 1 saturated carbocycles. The standard InChI is InChI=1S/C13H18ClNO/c1-7-8(2)12(16)10(9(3)11(7)14)13(6-15)4-5-13/h16H,4-6,15H2,1-3H3. The van der Waals surface area contributed by atoms with Crippen molar-refractivity contribution in [2.45, 2.75) is 39.0 Å². The number of halogens is 1. The average molecular weight is 240 g/mol. The van der Waals surface area contributed by atoms with Gasteiger partial charge in [0.1, 0.15) is 5.75 Å². The molecule has 2 nitrogen and oxygen atoms in total. The van der Waals surface area contributed by atoms with Crippen LogP contribution in [0, 0.1) is 20.8 Å². The van der Waals surface area contributed by atoms with Gasteiger partial charge in [-0.3, -0.25) is 0 Å². The molecule has 2 rings (SSSR count). The monoisotopic (exact) mass is 239 g/mol. The summed E-state index contributed by atoms with van der Waals surface area (Å²) >= 11 is 6.30. The van der Waals surface area contributed by atoms with Crippen LogP contribution in [-0.4, -0.2) is 11.7 Å². The minimum atomic E-state index is -0.0176. The van der Waals surface area contributed by atoms with E-state index in [0.717, 1.165) is 40.1 Å². The lowest BCUT2D eigenvalue weighted by molar-refractivity contribution is 0.453. The third-order valence-electron chi connectivity index (χ3n) is 3.96. The van der Waals surface area contributed by atoms with E-state index in [-0.39, 0.29) is 5.41 Å². The van der Waals surface area contributed by atoms with Crippen molar-refractivity contribution in [3.05, 3.63) is 27.3 Å². The van der Waals surface area contributed by atoms with Crippen LogP contribution in [0.25, 0.3) is 0 Å². The molecule has 0 radical (unpaired) electrons. The van der Waals surface area contributed by atoms with Crippen molar-refractivity contribution in [3.8, 4) is 5.75 Å². The molecular weight excluding hydrogens is 222 g/mol. The summed E-state index contributed by atoms with van der Waals surface area (Å²) in [5.74, 6) is 0.391. The van der Waals surface area contributed by atoms with Gasteiger partial charge in [-0.25, -0.2) is 0 Å². The number of aromatic hydroxyl groups is 1. The zero-order valence-corrected chi connectivity index (χ0v) is 10.8. The van der Waals surface area contributed by atoms with Crippen LogP contribution >= 0.6 is 11.6 Å². The molecule has 3 N–H and O–H groups in total. The predicted octanol–water partition coefficient (Wildman–Crippen LogP) is 2.96. The maximum absolute atomic E-state index is 10.3. The van der Waals surface area contributed by atoms with Crippen molar-refractivity contribution in [1.29, 1.82) is 0 Å². The highest BCUT2D eigenvalue weighted by Crippen LogP contribution is 2.53. The summed E-state index contributed by atoms with van der Waals surface area (Å²) < 4.78 is 0. The normalized spacial score (nSPS) is 17.6. The van der Waals surface area contributed by atoms with Gasteiger partial charge in [0.05, 0.1) is 0 Å². The lowest BCUT2D eigenvalue weighted by Gasteiger charge is -2.22. The number of hydrogen-bond donors (Lipinski definition) is 2. The largest absolute Gasteiger partial charge is 0.507 e.